The van der Waals surface area contributed by atoms with Crippen LogP contribution in [0.3, 0.4) is 0 Å². The zero-order valence-electron chi connectivity index (χ0n) is 8.57. The molecule has 0 saturated carbocycles. The highest BCUT2D eigenvalue weighted by atomic mass is 16.3. The molecule has 1 aromatic rings. The van der Waals surface area contributed by atoms with Crippen molar-refractivity contribution in [2.24, 2.45) is 5.92 Å². The second-order valence-corrected chi connectivity index (χ2v) is 3.80. The zero-order chi connectivity index (χ0) is 9.84. The minimum atomic E-state index is -0.241. The number of aliphatic hydroxyl groups excluding tert-OH is 1. The standard InChI is InChI=1S/C12H18O/c1-9(11(3)13)10(2)12-7-5-4-6-8-12/h4-11,13H,1-3H3/t9-,10?,11+/m1/s1. The minimum absolute atomic E-state index is 0.241. The summed E-state index contributed by atoms with van der Waals surface area (Å²) in [6.45, 7) is 6.10. The third kappa shape index (κ3) is 2.56. The molecule has 1 nitrogen and oxygen atoms in total. The maximum absolute atomic E-state index is 9.45. The highest BCUT2D eigenvalue weighted by Crippen LogP contribution is 2.25. The van der Waals surface area contributed by atoms with Crippen molar-refractivity contribution in [1.82, 2.24) is 0 Å². The van der Waals surface area contributed by atoms with E-state index < -0.39 is 0 Å². The predicted molar refractivity (Wildman–Crippen MR) is 55.7 cm³/mol. The molecule has 0 spiro atoms. The Bertz CT molecular complexity index is 241. The fraction of sp³-hybridized carbons (Fsp3) is 0.500. The minimum Gasteiger partial charge on any atom is -0.393 e. The lowest BCUT2D eigenvalue weighted by Gasteiger charge is -2.22. The molecule has 0 bridgehead atoms. The van der Waals surface area contributed by atoms with Crippen molar-refractivity contribution >= 4 is 0 Å². The van der Waals surface area contributed by atoms with Crippen molar-refractivity contribution in [1.29, 1.82) is 0 Å². The first-order chi connectivity index (χ1) is 6.13. The lowest BCUT2D eigenvalue weighted by molar-refractivity contribution is 0.122. The Morgan fingerprint density at radius 2 is 1.54 bits per heavy atom. The van der Waals surface area contributed by atoms with Crippen LogP contribution in [0.2, 0.25) is 0 Å². The first-order valence-electron chi connectivity index (χ1n) is 4.86. The smallest absolute Gasteiger partial charge is 0.0543 e. The van der Waals surface area contributed by atoms with Crippen molar-refractivity contribution in [3.63, 3.8) is 0 Å². The van der Waals surface area contributed by atoms with Gasteiger partial charge in [-0.05, 0) is 24.3 Å². The molecule has 0 aromatic heterocycles. The maximum atomic E-state index is 9.45. The van der Waals surface area contributed by atoms with E-state index >= 15 is 0 Å². The summed E-state index contributed by atoms with van der Waals surface area (Å²) < 4.78 is 0. The molecule has 72 valence electrons. The van der Waals surface area contributed by atoms with Crippen LogP contribution < -0.4 is 0 Å². The van der Waals surface area contributed by atoms with Gasteiger partial charge in [0.1, 0.15) is 0 Å². The average molecular weight is 178 g/mol. The number of hydrogen-bond acceptors (Lipinski definition) is 1. The molecule has 1 aromatic carbocycles. The van der Waals surface area contributed by atoms with Gasteiger partial charge in [0.05, 0.1) is 6.10 Å². The lowest BCUT2D eigenvalue weighted by atomic mass is 9.86. The molecule has 1 N–H and O–H groups in total. The molecular weight excluding hydrogens is 160 g/mol. The molecule has 1 rings (SSSR count). The molecule has 0 aliphatic heterocycles. The topological polar surface area (TPSA) is 20.2 Å². The number of benzene rings is 1. The number of aliphatic hydroxyl groups is 1. The van der Waals surface area contributed by atoms with Gasteiger partial charge in [0, 0.05) is 0 Å². The second kappa shape index (κ2) is 4.43. The zero-order valence-corrected chi connectivity index (χ0v) is 8.57. The Hall–Kier alpha value is -0.820. The summed E-state index contributed by atoms with van der Waals surface area (Å²) in [7, 11) is 0. The van der Waals surface area contributed by atoms with Crippen LogP contribution in [0, 0.1) is 5.92 Å². The van der Waals surface area contributed by atoms with Crippen LogP contribution in [0.15, 0.2) is 30.3 Å². The Labute approximate surface area is 80.4 Å². The molecular formula is C12H18O. The molecule has 1 unspecified atom stereocenters. The van der Waals surface area contributed by atoms with Gasteiger partial charge >= 0.3 is 0 Å². The maximum Gasteiger partial charge on any atom is 0.0543 e. The van der Waals surface area contributed by atoms with Crippen LogP contribution in [0.4, 0.5) is 0 Å². The second-order valence-electron chi connectivity index (χ2n) is 3.80. The quantitative estimate of drug-likeness (QED) is 0.754. The summed E-state index contributed by atoms with van der Waals surface area (Å²) in [6.07, 6.45) is -0.241. The average Bonchev–Trinajstić information content (AvgIpc) is 2.17. The molecule has 0 aliphatic carbocycles. The summed E-state index contributed by atoms with van der Waals surface area (Å²) in [5, 5.41) is 9.45. The molecule has 3 atom stereocenters. The fourth-order valence-electron chi connectivity index (χ4n) is 1.48. The van der Waals surface area contributed by atoms with Crippen LogP contribution >= 0.6 is 0 Å². The van der Waals surface area contributed by atoms with Gasteiger partial charge in [0.15, 0.2) is 0 Å². The summed E-state index contributed by atoms with van der Waals surface area (Å²) >= 11 is 0. The van der Waals surface area contributed by atoms with Crippen molar-refractivity contribution in [3.05, 3.63) is 35.9 Å². The van der Waals surface area contributed by atoms with Crippen LogP contribution in [0.5, 0.6) is 0 Å². The van der Waals surface area contributed by atoms with Gasteiger partial charge in [-0.3, -0.25) is 0 Å². The van der Waals surface area contributed by atoms with Gasteiger partial charge in [0.25, 0.3) is 0 Å². The van der Waals surface area contributed by atoms with Gasteiger partial charge in [-0.2, -0.15) is 0 Å². The van der Waals surface area contributed by atoms with E-state index in [1.165, 1.54) is 5.56 Å². The lowest BCUT2D eigenvalue weighted by Crippen LogP contribution is -2.19. The van der Waals surface area contributed by atoms with E-state index in [2.05, 4.69) is 26.0 Å². The summed E-state index contributed by atoms with van der Waals surface area (Å²) in [5.74, 6) is 0.726. The number of hydrogen-bond donors (Lipinski definition) is 1. The molecule has 0 radical (unpaired) electrons. The first kappa shape index (κ1) is 10.3. The summed E-state index contributed by atoms with van der Waals surface area (Å²) in [4.78, 5) is 0. The highest BCUT2D eigenvalue weighted by molar-refractivity contribution is 5.19. The van der Waals surface area contributed by atoms with Crippen LogP contribution in [-0.2, 0) is 0 Å². The third-order valence-electron chi connectivity index (χ3n) is 2.87. The predicted octanol–water partition coefficient (Wildman–Crippen LogP) is 2.81. The van der Waals surface area contributed by atoms with Gasteiger partial charge in [0.2, 0.25) is 0 Å². The molecule has 1 heteroatoms. The van der Waals surface area contributed by atoms with E-state index in [1.54, 1.807) is 0 Å². The van der Waals surface area contributed by atoms with Crippen molar-refractivity contribution in [2.45, 2.75) is 32.8 Å². The van der Waals surface area contributed by atoms with Crippen LogP contribution in [0.1, 0.15) is 32.3 Å². The van der Waals surface area contributed by atoms with Crippen molar-refractivity contribution in [2.75, 3.05) is 0 Å². The third-order valence-corrected chi connectivity index (χ3v) is 2.87. The molecule has 0 aliphatic rings. The van der Waals surface area contributed by atoms with E-state index in [0.717, 1.165) is 0 Å². The molecule has 0 heterocycles. The van der Waals surface area contributed by atoms with Gasteiger partial charge in [-0.25, -0.2) is 0 Å². The Morgan fingerprint density at radius 3 is 2.00 bits per heavy atom. The van der Waals surface area contributed by atoms with Crippen molar-refractivity contribution < 1.29 is 5.11 Å². The summed E-state index contributed by atoms with van der Waals surface area (Å²) in [6, 6.07) is 10.3. The molecule has 0 amide bonds. The Balaban J connectivity index is 2.73. The highest BCUT2D eigenvalue weighted by Gasteiger charge is 2.17. The molecule has 0 fully saturated rings. The van der Waals surface area contributed by atoms with Crippen LogP contribution in [-0.4, -0.2) is 11.2 Å². The monoisotopic (exact) mass is 178 g/mol. The largest absolute Gasteiger partial charge is 0.393 e. The SMILES string of the molecule is CC(c1ccccc1)[C@@H](C)[C@H](C)O. The molecule has 0 saturated heterocycles. The van der Waals surface area contributed by atoms with Gasteiger partial charge < -0.3 is 5.11 Å². The summed E-state index contributed by atoms with van der Waals surface area (Å²) in [5.41, 5.74) is 1.30. The van der Waals surface area contributed by atoms with E-state index in [4.69, 9.17) is 0 Å². The van der Waals surface area contributed by atoms with Gasteiger partial charge in [-0.1, -0.05) is 44.2 Å². The van der Waals surface area contributed by atoms with E-state index in [9.17, 15) is 5.11 Å². The number of rotatable bonds is 3. The molecule has 13 heavy (non-hydrogen) atoms. The van der Waals surface area contributed by atoms with Crippen LogP contribution in [0.25, 0.3) is 0 Å². The normalized spacial score (nSPS) is 17.8. The van der Waals surface area contributed by atoms with Crippen molar-refractivity contribution in [3.8, 4) is 0 Å². The van der Waals surface area contributed by atoms with E-state index in [-0.39, 0.29) is 6.10 Å². The Kier molecular flexibility index (Phi) is 3.49. The Morgan fingerprint density at radius 1 is 1.00 bits per heavy atom. The fourth-order valence-corrected chi connectivity index (χ4v) is 1.48. The van der Waals surface area contributed by atoms with E-state index in [0.29, 0.717) is 11.8 Å². The van der Waals surface area contributed by atoms with E-state index in [1.807, 2.05) is 25.1 Å². The van der Waals surface area contributed by atoms with Gasteiger partial charge in [-0.15, -0.1) is 0 Å². The first-order valence-corrected chi connectivity index (χ1v) is 4.86.